The molecule has 2 fully saturated rings. The smallest absolute Gasteiger partial charge is 0.243 e. The minimum Gasteiger partial charge on any atom is -0.394 e. The van der Waals surface area contributed by atoms with Crippen molar-refractivity contribution in [3.63, 3.8) is 0 Å². The lowest BCUT2D eigenvalue weighted by Gasteiger charge is -2.16. The van der Waals surface area contributed by atoms with Crippen LogP contribution in [0.25, 0.3) is 22.3 Å². The summed E-state index contributed by atoms with van der Waals surface area (Å²) in [6.07, 6.45) is -0.955. The van der Waals surface area contributed by atoms with Crippen molar-refractivity contribution in [1.82, 2.24) is 39.0 Å². The van der Waals surface area contributed by atoms with Crippen LogP contribution in [-0.2, 0) is 27.7 Å². The van der Waals surface area contributed by atoms with Crippen LogP contribution in [0.5, 0.6) is 0 Å². The summed E-state index contributed by atoms with van der Waals surface area (Å²) in [5.74, 6) is 0.815. The number of aliphatic hydroxyl groups excluding tert-OH is 2. The number of halogens is 2. The van der Waals surface area contributed by atoms with E-state index < -0.39 is 76.9 Å². The normalized spacial score (nSPS) is 28.5. The van der Waals surface area contributed by atoms with Gasteiger partial charge in [0.1, 0.15) is 37.1 Å². The van der Waals surface area contributed by atoms with E-state index in [1.165, 1.54) is 34.4 Å². The number of aliphatic hydroxyl groups is 2. The Morgan fingerprint density at radius 3 is 1.76 bits per heavy atom. The Morgan fingerprint density at radius 2 is 1.29 bits per heavy atom. The molecule has 0 spiro atoms. The second-order valence-electron chi connectivity index (χ2n) is 10.7. The highest BCUT2D eigenvalue weighted by Crippen LogP contribution is 2.42. The van der Waals surface area contributed by atoms with Gasteiger partial charge in [-0.1, -0.05) is 36.6 Å². The number of nitrogens with one attached hydrogen (secondary N) is 2. The van der Waals surface area contributed by atoms with E-state index in [1.807, 2.05) is 12.2 Å². The minimum atomic E-state index is -2.79. The molecule has 4 aromatic heterocycles. The number of fused-ring (bicyclic) bond motifs is 2. The van der Waals surface area contributed by atoms with Gasteiger partial charge in [-0.15, -0.1) is 0 Å². The van der Waals surface area contributed by atoms with Crippen LogP contribution in [0.4, 0.5) is 20.4 Å². The van der Waals surface area contributed by atoms with Gasteiger partial charge in [-0.3, -0.25) is 18.3 Å². The molecular formula is C25H32F2N10O8P2S2. The monoisotopic (exact) mass is 764 g/mol. The largest absolute Gasteiger partial charge is 0.394 e. The molecule has 0 radical (unpaired) electrons. The number of rotatable bonds is 15. The maximum absolute atomic E-state index is 15.2. The molecule has 0 bridgehead atoms. The van der Waals surface area contributed by atoms with Crippen molar-refractivity contribution in [2.24, 2.45) is 0 Å². The van der Waals surface area contributed by atoms with Crippen molar-refractivity contribution in [1.29, 1.82) is 0 Å². The Morgan fingerprint density at radius 1 is 0.796 bits per heavy atom. The molecule has 4 aromatic rings. The fourth-order valence-corrected chi connectivity index (χ4v) is 7.37. The zero-order valence-electron chi connectivity index (χ0n) is 25.2. The molecule has 6 heterocycles. The Hall–Kier alpha value is -2.78. The van der Waals surface area contributed by atoms with Crippen LogP contribution >= 0.6 is 39.0 Å². The second kappa shape index (κ2) is 16.1. The zero-order valence-corrected chi connectivity index (χ0v) is 29.0. The molecule has 3 unspecified atom stereocenters. The van der Waals surface area contributed by atoms with Crippen LogP contribution < -0.4 is 10.6 Å². The van der Waals surface area contributed by atoms with Crippen molar-refractivity contribution in [2.45, 2.75) is 55.6 Å². The van der Waals surface area contributed by atoms with E-state index in [-0.39, 0.29) is 11.3 Å². The number of hydrogen-bond acceptors (Lipinski definition) is 16. The molecule has 0 amide bonds. The van der Waals surface area contributed by atoms with Gasteiger partial charge in [0, 0.05) is 13.1 Å². The average Bonchev–Trinajstić information content (AvgIpc) is 3.85. The summed E-state index contributed by atoms with van der Waals surface area (Å²) in [6.45, 7) is -0.245. The predicted molar refractivity (Wildman–Crippen MR) is 179 cm³/mol. The lowest BCUT2D eigenvalue weighted by Crippen LogP contribution is -2.31. The van der Waals surface area contributed by atoms with Gasteiger partial charge in [0.25, 0.3) is 0 Å². The number of aromatic nitrogens is 8. The average molecular weight is 765 g/mol. The molecule has 24 heteroatoms. The molecule has 49 heavy (non-hydrogen) atoms. The fraction of sp³-hybridized carbons (Fsp3) is 0.520. The first-order chi connectivity index (χ1) is 23.7. The highest BCUT2D eigenvalue weighted by Gasteiger charge is 2.49. The van der Waals surface area contributed by atoms with E-state index in [0.717, 1.165) is 0 Å². The van der Waals surface area contributed by atoms with Crippen LogP contribution in [0.1, 0.15) is 18.9 Å². The summed E-state index contributed by atoms with van der Waals surface area (Å²) in [7, 11) is -5.57. The highest BCUT2D eigenvalue weighted by atomic mass is 32.7. The quantitative estimate of drug-likeness (QED) is 0.0442. The number of nitrogens with zero attached hydrogens (tertiary/aromatic N) is 8. The predicted octanol–water partition coefficient (Wildman–Crippen LogP) is 2.30. The molecule has 0 aliphatic carbocycles. The fourth-order valence-electron chi connectivity index (χ4n) is 5.61. The number of hydrogen-bond donors (Lipinski definition) is 6. The van der Waals surface area contributed by atoms with Crippen molar-refractivity contribution in [3.05, 3.63) is 37.5 Å². The number of anilines is 2. The van der Waals surface area contributed by atoms with Gasteiger partial charge in [-0.25, -0.2) is 38.7 Å². The van der Waals surface area contributed by atoms with E-state index in [0.29, 0.717) is 42.2 Å². The Kier molecular flexibility index (Phi) is 11.8. The number of ether oxygens (including phenoxy) is 2. The number of thiol groups is 2. The van der Waals surface area contributed by atoms with Gasteiger partial charge in [0.15, 0.2) is 58.8 Å². The van der Waals surface area contributed by atoms with Gasteiger partial charge in [-0.05, 0) is 6.42 Å². The second-order valence-corrected chi connectivity index (χ2v) is 14.5. The van der Waals surface area contributed by atoms with Crippen molar-refractivity contribution in [2.75, 3.05) is 36.9 Å². The first-order valence-electron chi connectivity index (χ1n) is 14.8. The van der Waals surface area contributed by atoms with E-state index >= 15 is 8.78 Å². The first-order valence-corrected chi connectivity index (χ1v) is 20.0. The Balaban J connectivity index is 1.03. The van der Waals surface area contributed by atoms with Gasteiger partial charge >= 0.3 is 0 Å². The summed E-state index contributed by atoms with van der Waals surface area (Å²) in [6, 6.07) is 0. The molecule has 0 aromatic carbocycles. The van der Waals surface area contributed by atoms with Gasteiger partial charge < -0.3 is 39.4 Å². The van der Waals surface area contributed by atoms with Crippen LogP contribution in [0.15, 0.2) is 37.5 Å². The van der Waals surface area contributed by atoms with Crippen LogP contribution in [0.3, 0.4) is 0 Å². The number of imidazole rings is 2. The molecule has 10 atom stereocenters. The van der Waals surface area contributed by atoms with E-state index in [2.05, 4.69) is 65.0 Å². The molecule has 0 saturated carbocycles. The minimum absolute atomic E-state index is 0.283. The first kappa shape index (κ1) is 36.0. The van der Waals surface area contributed by atoms with Gasteiger partial charge in [-0.2, -0.15) is 0 Å². The summed E-state index contributed by atoms with van der Waals surface area (Å²) >= 11 is 7.43. The summed E-state index contributed by atoms with van der Waals surface area (Å²) in [5, 5.41) is 25.5. The van der Waals surface area contributed by atoms with Gasteiger partial charge in [0.05, 0.1) is 25.9 Å². The van der Waals surface area contributed by atoms with Crippen molar-refractivity contribution < 1.29 is 46.6 Å². The third-order valence-corrected chi connectivity index (χ3v) is 9.37. The van der Waals surface area contributed by atoms with E-state index in [1.54, 1.807) is 0 Å². The third kappa shape index (κ3) is 7.63. The standard InChI is InChI=1S/C25H32F2N10O8P2S2/c26-14-18(44-46(40)48)12(6-38)42-24(14)36-10-34-16-20(30-8-32-22(16)36)28-4-2-1-3-5-29-21-17-23(33-9-31-21)37(11-35-17)25-15(27)19(45-47(41)49)13(7-39)43-25/h1-2,8-15,18-19,24-25,38-39,46-47H,3-7H2,(H,40,48)(H,41,49)(H,28,30,32)(H,29,31,33)/b2-1+/t12?,13-,14-,15-,18-,19-,24-,25-/m1/s1. The Bertz CT molecular complexity index is 1840. The van der Waals surface area contributed by atoms with Crippen molar-refractivity contribution >= 4 is 72.9 Å². The maximum Gasteiger partial charge on any atom is 0.243 e. The van der Waals surface area contributed by atoms with E-state index in [9.17, 15) is 19.3 Å². The molecule has 2 aliphatic heterocycles. The third-order valence-electron chi connectivity index (χ3n) is 7.79. The summed E-state index contributed by atoms with van der Waals surface area (Å²) in [4.78, 5) is 25.6. The van der Waals surface area contributed by atoms with E-state index in [4.69, 9.17) is 18.5 Å². The molecule has 18 nitrogen and oxygen atoms in total. The van der Waals surface area contributed by atoms with Gasteiger partial charge in [0.2, 0.25) is 14.5 Å². The van der Waals surface area contributed by atoms with Crippen LogP contribution in [0, 0.1) is 0 Å². The molecular weight excluding hydrogens is 732 g/mol. The molecule has 266 valence electrons. The summed E-state index contributed by atoms with van der Waals surface area (Å²) in [5.41, 5.74) is 1.31. The van der Waals surface area contributed by atoms with Crippen molar-refractivity contribution in [3.8, 4) is 0 Å². The molecule has 2 aliphatic rings. The lowest BCUT2D eigenvalue weighted by molar-refractivity contribution is -0.0427. The maximum atomic E-state index is 15.2. The molecule has 4 N–H and O–H groups in total. The zero-order chi connectivity index (χ0) is 34.7. The lowest BCUT2D eigenvalue weighted by atomic mass is 10.1. The highest BCUT2D eigenvalue weighted by molar-refractivity contribution is 8.39. The van der Waals surface area contributed by atoms with Crippen LogP contribution in [0.2, 0.25) is 0 Å². The number of alkyl halides is 2. The topological polar surface area (TPSA) is 223 Å². The molecule has 2 saturated heterocycles. The summed E-state index contributed by atoms with van der Waals surface area (Å²) < 4.78 is 77.6. The van der Waals surface area contributed by atoms with Crippen LogP contribution in [-0.4, -0.2) is 112 Å². The Labute approximate surface area is 288 Å². The SMILES string of the molecule is O=[PH](S)O[C@H]1[C@@H](F)[C@H](n2cnc3c(NCC/C=C/CNc4ncnc5c4ncn5[C@@H]4OC(CO)[C@@H](O[PH](=O)S)[C@H]4F)ncnc32)O[C@@H]1CO. The molecule has 6 rings (SSSR count).